The van der Waals surface area contributed by atoms with E-state index in [-0.39, 0.29) is 11.9 Å². The first-order valence-corrected chi connectivity index (χ1v) is 9.64. The zero-order chi connectivity index (χ0) is 18.4. The van der Waals surface area contributed by atoms with Gasteiger partial charge in [0.25, 0.3) is 5.91 Å². The third-order valence-electron chi connectivity index (χ3n) is 6.60. The zero-order valence-electron chi connectivity index (χ0n) is 16.0. The van der Waals surface area contributed by atoms with Gasteiger partial charge in [-0.25, -0.2) is 0 Å². The minimum Gasteiger partial charge on any atom is -0.383 e. The second kappa shape index (κ2) is 6.71. The van der Waals surface area contributed by atoms with E-state index in [1.54, 1.807) is 7.11 Å². The smallest absolute Gasteiger partial charge is 0.253 e. The lowest BCUT2D eigenvalue weighted by Crippen LogP contribution is -2.33. The van der Waals surface area contributed by atoms with Gasteiger partial charge < -0.3 is 19.9 Å². The molecule has 1 aliphatic heterocycles. The van der Waals surface area contributed by atoms with Crippen LogP contribution in [-0.4, -0.2) is 48.2 Å². The lowest BCUT2D eigenvalue weighted by Gasteiger charge is -2.19. The van der Waals surface area contributed by atoms with Crippen LogP contribution in [0.4, 0.5) is 0 Å². The molecule has 1 saturated carbocycles. The fourth-order valence-corrected chi connectivity index (χ4v) is 4.91. The summed E-state index contributed by atoms with van der Waals surface area (Å²) in [7, 11) is 1.72. The van der Waals surface area contributed by atoms with Crippen LogP contribution in [0.2, 0.25) is 0 Å². The first-order chi connectivity index (χ1) is 12.5. The van der Waals surface area contributed by atoms with Crippen molar-refractivity contribution < 1.29 is 9.53 Å². The van der Waals surface area contributed by atoms with E-state index in [4.69, 9.17) is 10.5 Å². The first-order valence-electron chi connectivity index (χ1n) is 9.64. The molecule has 26 heavy (non-hydrogen) atoms. The van der Waals surface area contributed by atoms with Gasteiger partial charge in [-0.15, -0.1) is 0 Å². The highest BCUT2D eigenvalue weighted by Crippen LogP contribution is 2.38. The molecule has 2 aliphatic rings. The van der Waals surface area contributed by atoms with Crippen molar-refractivity contribution in [2.45, 2.75) is 39.3 Å². The molecule has 5 nitrogen and oxygen atoms in total. The summed E-state index contributed by atoms with van der Waals surface area (Å²) in [5.41, 5.74) is 10.7. The van der Waals surface area contributed by atoms with Gasteiger partial charge in [0.05, 0.1) is 6.61 Å². The molecule has 1 aromatic heterocycles. The van der Waals surface area contributed by atoms with Gasteiger partial charge in [-0.05, 0) is 62.3 Å². The van der Waals surface area contributed by atoms with Crippen molar-refractivity contribution in [3.63, 3.8) is 0 Å². The number of carbonyl (C=O) groups excluding carboxylic acids is 1. The number of rotatable bonds is 4. The van der Waals surface area contributed by atoms with Gasteiger partial charge >= 0.3 is 0 Å². The first kappa shape index (κ1) is 17.6. The number of aryl methyl sites for hydroxylation is 1. The number of ether oxygens (including phenoxy) is 1. The van der Waals surface area contributed by atoms with Crippen molar-refractivity contribution in [2.75, 3.05) is 26.8 Å². The van der Waals surface area contributed by atoms with Crippen molar-refractivity contribution in [1.29, 1.82) is 0 Å². The molecule has 2 heterocycles. The molecule has 4 rings (SSSR count). The van der Waals surface area contributed by atoms with Crippen LogP contribution in [0.15, 0.2) is 18.2 Å². The molecule has 1 aromatic carbocycles. The SMILES string of the molecule is COCCn1c(C)c(C)c2cc(C(=O)N3CC4CCC(N)C4C3)ccc21. The Morgan fingerprint density at radius 3 is 2.81 bits per heavy atom. The molecule has 140 valence electrons. The van der Waals surface area contributed by atoms with E-state index in [9.17, 15) is 4.79 Å². The molecule has 0 bridgehead atoms. The molecule has 2 aromatic rings. The molecule has 1 saturated heterocycles. The van der Waals surface area contributed by atoms with Gasteiger partial charge in [-0.2, -0.15) is 0 Å². The number of likely N-dealkylation sites (tertiary alicyclic amines) is 1. The molecule has 1 amide bonds. The van der Waals surface area contributed by atoms with Gasteiger partial charge in [0.15, 0.2) is 0 Å². The largest absolute Gasteiger partial charge is 0.383 e. The summed E-state index contributed by atoms with van der Waals surface area (Å²) in [4.78, 5) is 15.1. The number of carbonyl (C=O) groups is 1. The highest BCUT2D eigenvalue weighted by molar-refractivity contribution is 5.99. The van der Waals surface area contributed by atoms with Gasteiger partial charge in [-0.3, -0.25) is 4.79 Å². The number of amides is 1. The Labute approximate surface area is 155 Å². The molecular weight excluding hydrogens is 326 g/mol. The van der Waals surface area contributed by atoms with Crippen LogP contribution >= 0.6 is 0 Å². The van der Waals surface area contributed by atoms with Crippen molar-refractivity contribution >= 4 is 16.8 Å². The number of fused-ring (bicyclic) bond motifs is 2. The molecule has 0 spiro atoms. The topological polar surface area (TPSA) is 60.5 Å². The van der Waals surface area contributed by atoms with E-state index in [0.29, 0.717) is 18.4 Å². The number of hydrogen-bond acceptors (Lipinski definition) is 3. The van der Waals surface area contributed by atoms with E-state index in [1.807, 2.05) is 11.0 Å². The van der Waals surface area contributed by atoms with E-state index >= 15 is 0 Å². The average Bonchev–Trinajstić information content (AvgIpc) is 3.28. The predicted molar refractivity (Wildman–Crippen MR) is 103 cm³/mol. The lowest BCUT2D eigenvalue weighted by atomic mass is 9.98. The number of nitrogens with two attached hydrogens (primary N) is 1. The molecule has 2 fully saturated rings. The monoisotopic (exact) mass is 355 g/mol. The summed E-state index contributed by atoms with van der Waals surface area (Å²) >= 11 is 0. The maximum Gasteiger partial charge on any atom is 0.253 e. The Morgan fingerprint density at radius 1 is 1.27 bits per heavy atom. The Hall–Kier alpha value is -1.85. The quantitative estimate of drug-likeness (QED) is 0.917. The summed E-state index contributed by atoms with van der Waals surface area (Å²) in [6.45, 7) is 7.45. The summed E-state index contributed by atoms with van der Waals surface area (Å²) in [6.07, 6.45) is 2.27. The second-order valence-electron chi connectivity index (χ2n) is 7.96. The van der Waals surface area contributed by atoms with Crippen LogP contribution in [0.5, 0.6) is 0 Å². The average molecular weight is 355 g/mol. The molecule has 3 unspecified atom stereocenters. The normalized spacial score (nSPS) is 25.2. The highest BCUT2D eigenvalue weighted by atomic mass is 16.5. The predicted octanol–water partition coefficient (Wildman–Crippen LogP) is 2.71. The van der Waals surface area contributed by atoms with Crippen molar-refractivity contribution in [2.24, 2.45) is 17.6 Å². The van der Waals surface area contributed by atoms with Crippen molar-refractivity contribution in [3.05, 3.63) is 35.0 Å². The second-order valence-corrected chi connectivity index (χ2v) is 7.96. The van der Waals surface area contributed by atoms with E-state index < -0.39 is 0 Å². The summed E-state index contributed by atoms with van der Waals surface area (Å²) < 4.78 is 7.52. The Balaban J connectivity index is 1.61. The number of hydrogen-bond donors (Lipinski definition) is 1. The van der Waals surface area contributed by atoms with Crippen molar-refractivity contribution in [3.8, 4) is 0 Å². The Kier molecular flexibility index (Phi) is 4.53. The summed E-state index contributed by atoms with van der Waals surface area (Å²) in [6, 6.07) is 6.39. The minimum atomic E-state index is 0.148. The third-order valence-corrected chi connectivity index (χ3v) is 6.60. The maximum absolute atomic E-state index is 13.1. The standard InChI is InChI=1S/C21H29N3O2/c1-13-14(2)24(8-9-26-3)20-7-5-15(10-17(13)20)21(25)23-11-16-4-6-19(22)18(16)12-23/h5,7,10,16,18-19H,4,6,8-9,11-12,22H2,1-3H3. The number of methoxy groups -OCH3 is 1. The van der Waals surface area contributed by atoms with Gasteiger partial charge in [0.2, 0.25) is 0 Å². The molecule has 0 radical (unpaired) electrons. The van der Waals surface area contributed by atoms with E-state index in [0.717, 1.165) is 38.0 Å². The molecular formula is C21H29N3O2. The van der Waals surface area contributed by atoms with Gasteiger partial charge in [0.1, 0.15) is 0 Å². The van der Waals surface area contributed by atoms with E-state index in [1.165, 1.54) is 22.2 Å². The van der Waals surface area contributed by atoms with Crippen LogP contribution in [0, 0.1) is 25.7 Å². The highest BCUT2D eigenvalue weighted by Gasteiger charge is 2.42. The minimum absolute atomic E-state index is 0.148. The number of benzene rings is 1. The Bertz CT molecular complexity index is 841. The van der Waals surface area contributed by atoms with Gasteiger partial charge in [-0.1, -0.05) is 0 Å². The Morgan fingerprint density at radius 2 is 2.08 bits per heavy atom. The van der Waals surface area contributed by atoms with Crippen LogP contribution in [0.25, 0.3) is 10.9 Å². The van der Waals surface area contributed by atoms with Crippen LogP contribution < -0.4 is 5.73 Å². The summed E-state index contributed by atoms with van der Waals surface area (Å²) in [5.74, 6) is 1.23. The van der Waals surface area contributed by atoms with Crippen LogP contribution in [-0.2, 0) is 11.3 Å². The fraction of sp³-hybridized carbons (Fsp3) is 0.571. The lowest BCUT2D eigenvalue weighted by molar-refractivity contribution is 0.0780. The molecule has 5 heteroatoms. The number of nitrogens with zero attached hydrogens (tertiary/aromatic N) is 2. The maximum atomic E-state index is 13.1. The van der Waals surface area contributed by atoms with Crippen molar-refractivity contribution in [1.82, 2.24) is 9.47 Å². The molecule has 1 aliphatic carbocycles. The number of aromatic nitrogens is 1. The van der Waals surface area contributed by atoms with Gasteiger partial charge in [0, 0.05) is 54.9 Å². The third kappa shape index (κ3) is 2.74. The zero-order valence-corrected chi connectivity index (χ0v) is 16.0. The van der Waals surface area contributed by atoms with Crippen LogP contribution in [0.1, 0.15) is 34.5 Å². The van der Waals surface area contributed by atoms with Crippen LogP contribution in [0.3, 0.4) is 0 Å². The molecule has 3 atom stereocenters. The fourth-order valence-electron chi connectivity index (χ4n) is 4.91. The van der Waals surface area contributed by atoms with E-state index in [2.05, 4.69) is 30.5 Å². The summed E-state index contributed by atoms with van der Waals surface area (Å²) in [5, 5.41) is 1.17. The molecule has 2 N–H and O–H groups in total.